The Morgan fingerprint density at radius 2 is 2.00 bits per heavy atom. The van der Waals surface area contributed by atoms with E-state index in [4.69, 9.17) is 11.5 Å². The monoisotopic (exact) mass is 215 g/mol. The highest BCUT2D eigenvalue weighted by Crippen LogP contribution is 2.02. The Morgan fingerprint density at radius 1 is 1.40 bits per heavy atom. The van der Waals surface area contributed by atoms with E-state index in [0.717, 1.165) is 12.8 Å². The highest BCUT2D eigenvalue weighted by molar-refractivity contribution is 5.83. The molecule has 0 aromatic rings. The second kappa shape index (κ2) is 7.23. The molecular weight excluding hydrogens is 194 g/mol. The summed E-state index contributed by atoms with van der Waals surface area (Å²) in [7, 11) is 0. The maximum atomic E-state index is 11.6. The topological polar surface area (TPSA) is 89.4 Å². The molecule has 0 spiro atoms. The minimum atomic E-state index is -0.475. The van der Waals surface area contributed by atoms with Crippen molar-refractivity contribution in [3.63, 3.8) is 0 Å². The average Bonchev–Trinajstić information content (AvgIpc) is 2.13. The molecule has 5 heteroatoms. The largest absolute Gasteiger partial charge is 0.368 e. The smallest absolute Gasteiger partial charge is 0.237 e. The Kier molecular flexibility index (Phi) is 6.70. The van der Waals surface area contributed by atoms with Crippen LogP contribution in [0.1, 0.15) is 33.1 Å². The fourth-order valence-electron chi connectivity index (χ4n) is 1.30. The minimum Gasteiger partial charge on any atom is -0.368 e. The first-order chi connectivity index (χ1) is 6.97. The molecule has 1 atom stereocenters. The van der Waals surface area contributed by atoms with Crippen LogP contribution < -0.4 is 11.5 Å². The van der Waals surface area contributed by atoms with Gasteiger partial charge in [0.1, 0.15) is 0 Å². The zero-order valence-corrected chi connectivity index (χ0v) is 9.53. The van der Waals surface area contributed by atoms with Crippen molar-refractivity contribution in [2.24, 2.45) is 11.5 Å². The molecule has 1 unspecified atom stereocenters. The second-order valence-electron chi connectivity index (χ2n) is 3.74. The van der Waals surface area contributed by atoms with Crippen LogP contribution in [0, 0.1) is 0 Å². The summed E-state index contributed by atoms with van der Waals surface area (Å²) in [5, 5.41) is 0. The number of carbonyl (C=O) groups is 2. The SMILES string of the molecule is CCN(CC(N)=O)C(=O)CCCC(C)N. The quantitative estimate of drug-likeness (QED) is 0.618. The third kappa shape index (κ3) is 6.90. The Hall–Kier alpha value is -1.10. The summed E-state index contributed by atoms with van der Waals surface area (Å²) in [6, 6.07) is 0.115. The summed E-state index contributed by atoms with van der Waals surface area (Å²) in [6.07, 6.45) is 2.01. The Labute approximate surface area is 90.8 Å². The molecule has 5 nitrogen and oxygen atoms in total. The molecule has 0 heterocycles. The van der Waals surface area contributed by atoms with Crippen molar-refractivity contribution in [1.82, 2.24) is 4.90 Å². The first-order valence-corrected chi connectivity index (χ1v) is 5.29. The standard InChI is InChI=1S/C10H21N3O2/c1-3-13(7-9(12)14)10(15)6-4-5-8(2)11/h8H,3-7,11H2,1-2H3,(H2,12,14). The fraction of sp³-hybridized carbons (Fsp3) is 0.800. The molecule has 0 aliphatic heterocycles. The number of likely N-dealkylation sites (N-methyl/N-ethyl adjacent to an activating group) is 1. The van der Waals surface area contributed by atoms with Crippen LogP contribution in [0.4, 0.5) is 0 Å². The predicted octanol–water partition coefficient (Wildman–Crippen LogP) is -0.162. The van der Waals surface area contributed by atoms with E-state index in [0.29, 0.717) is 13.0 Å². The lowest BCUT2D eigenvalue weighted by Crippen LogP contribution is -2.38. The van der Waals surface area contributed by atoms with Gasteiger partial charge in [0.2, 0.25) is 11.8 Å². The van der Waals surface area contributed by atoms with Gasteiger partial charge >= 0.3 is 0 Å². The zero-order chi connectivity index (χ0) is 11.8. The van der Waals surface area contributed by atoms with Gasteiger partial charge in [-0.25, -0.2) is 0 Å². The zero-order valence-electron chi connectivity index (χ0n) is 9.53. The summed E-state index contributed by atoms with van der Waals surface area (Å²) < 4.78 is 0. The molecular formula is C10H21N3O2. The summed E-state index contributed by atoms with van der Waals surface area (Å²) in [6.45, 7) is 4.26. The van der Waals surface area contributed by atoms with Gasteiger partial charge in [0.15, 0.2) is 0 Å². The van der Waals surface area contributed by atoms with Crippen molar-refractivity contribution in [1.29, 1.82) is 0 Å². The highest BCUT2D eigenvalue weighted by atomic mass is 16.2. The fourth-order valence-corrected chi connectivity index (χ4v) is 1.30. The number of amides is 2. The molecule has 0 aromatic heterocycles. The molecule has 0 aliphatic rings. The molecule has 0 bridgehead atoms. The number of carbonyl (C=O) groups excluding carboxylic acids is 2. The average molecular weight is 215 g/mol. The van der Waals surface area contributed by atoms with Crippen LogP contribution in [0.25, 0.3) is 0 Å². The number of nitrogens with two attached hydrogens (primary N) is 2. The normalized spacial score (nSPS) is 12.2. The van der Waals surface area contributed by atoms with Crippen LogP contribution in [0.3, 0.4) is 0 Å². The van der Waals surface area contributed by atoms with Gasteiger partial charge in [-0.15, -0.1) is 0 Å². The lowest BCUT2D eigenvalue weighted by Gasteiger charge is -2.19. The van der Waals surface area contributed by atoms with Crippen LogP contribution in [0.15, 0.2) is 0 Å². The molecule has 15 heavy (non-hydrogen) atoms. The lowest BCUT2D eigenvalue weighted by molar-refractivity contribution is -0.135. The third-order valence-corrected chi connectivity index (χ3v) is 2.13. The van der Waals surface area contributed by atoms with E-state index >= 15 is 0 Å². The Balaban J connectivity index is 3.88. The number of primary amides is 1. The van der Waals surface area contributed by atoms with E-state index < -0.39 is 5.91 Å². The molecule has 0 saturated carbocycles. The molecule has 88 valence electrons. The van der Waals surface area contributed by atoms with Crippen LogP contribution in [0.2, 0.25) is 0 Å². The maximum Gasteiger partial charge on any atom is 0.237 e. The molecule has 0 saturated heterocycles. The summed E-state index contributed by atoms with van der Waals surface area (Å²) in [5.41, 5.74) is 10.6. The third-order valence-electron chi connectivity index (χ3n) is 2.13. The van der Waals surface area contributed by atoms with Gasteiger partial charge < -0.3 is 16.4 Å². The number of rotatable bonds is 7. The molecule has 2 amide bonds. The first kappa shape index (κ1) is 13.9. The number of hydrogen-bond donors (Lipinski definition) is 2. The number of hydrogen-bond acceptors (Lipinski definition) is 3. The number of nitrogens with zero attached hydrogens (tertiary/aromatic N) is 1. The van der Waals surface area contributed by atoms with Crippen LogP contribution in [-0.2, 0) is 9.59 Å². The van der Waals surface area contributed by atoms with Gasteiger partial charge in [-0.2, -0.15) is 0 Å². The Morgan fingerprint density at radius 3 is 2.40 bits per heavy atom. The van der Waals surface area contributed by atoms with E-state index in [1.807, 2.05) is 13.8 Å². The summed E-state index contributed by atoms with van der Waals surface area (Å²) in [4.78, 5) is 23.7. The van der Waals surface area contributed by atoms with Crippen molar-refractivity contribution in [3.8, 4) is 0 Å². The first-order valence-electron chi connectivity index (χ1n) is 5.29. The summed E-state index contributed by atoms with van der Waals surface area (Å²) in [5.74, 6) is -0.505. The van der Waals surface area contributed by atoms with Gasteiger partial charge in [0, 0.05) is 19.0 Å². The second-order valence-corrected chi connectivity index (χ2v) is 3.74. The van der Waals surface area contributed by atoms with Gasteiger partial charge in [0.05, 0.1) is 6.54 Å². The Bertz CT molecular complexity index is 217. The van der Waals surface area contributed by atoms with E-state index in [2.05, 4.69) is 0 Å². The summed E-state index contributed by atoms with van der Waals surface area (Å²) >= 11 is 0. The van der Waals surface area contributed by atoms with Gasteiger partial charge in [-0.3, -0.25) is 9.59 Å². The van der Waals surface area contributed by atoms with E-state index in [9.17, 15) is 9.59 Å². The van der Waals surface area contributed by atoms with Gasteiger partial charge in [0.25, 0.3) is 0 Å². The van der Waals surface area contributed by atoms with Crippen molar-refractivity contribution < 1.29 is 9.59 Å². The minimum absolute atomic E-state index is 0.00745. The molecule has 0 radical (unpaired) electrons. The highest BCUT2D eigenvalue weighted by Gasteiger charge is 2.13. The molecule has 0 aromatic carbocycles. The van der Waals surface area contributed by atoms with Crippen LogP contribution in [-0.4, -0.2) is 35.8 Å². The van der Waals surface area contributed by atoms with Crippen molar-refractivity contribution >= 4 is 11.8 Å². The lowest BCUT2D eigenvalue weighted by atomic mass is 10.1. The molecule has 0 aliphatic carbocycles. The van der Waals surface area contributed by atoms with Gasteiger partial charge in [-0.05, 0) is 26.7 Å². The van der Waals surface area contributed by atoms with E-state index in [-0.39, 0.29) is 18.5 Å². The molecule has 0 fully saturated rings. The van der Waals surface area contributed by atoms with E-state index in [1.54, 1.807) is 0 Å². The van der Waals surface area contributed by atoms with E-state index in [1.165, 1.54) is 4.90 Å². The maximum absolute atomic E-state index is 11.6. The van der Waals surface area contributed by atoms with Crippen LogP contribution in [0.5, 0.6) is 0 Å². The van der Waals surface area contributed by atoms with Crippen molar-refractivity contribution in [2.45, 2.75) is 39.2 Å². The van der Waals surface area contributed by atoms with Crippen LogP contribution >= 0.6 is 0 Å². The van der Waals surface area contributed by atoms with Crippen molar-refractivity contribution in [3.05, 3.63) is 0 Å². The predicted molar refractivity (Wildman–Crippen MR) is 58.9 cm³/mol. The molecule has 0 rings (SSSR count). The molecule has 4 N–H and O–H groups in total. The van der Waals surface area contributed by atoms with Crippen molar-refractivity contribution in [2.75, 3.05) is 13.1 Å². The van der Waals surface area contributed by atoms with Gasteiger partial charge in [-0.1, -0.05) is 0 Å².